The van der Waals surface area contributed by atoms with E-state index in [0.29, 0.717) is 11.8 Å². The average Bonchev–Trinajstić information content (AvgIpc) is 2.24. The molecular weight excluding hydrogens is 186 g/mol. The number of H-pyrrole nitrogens is 1. The summed E-state index contributed by atoms with van der Waals surface area (Å²) in [6.07, 6.45) is 3.18. The topological polar surface area (TPSA) is 32.9 Å². The van der Waals surface area contributed by atoms with Gasteiger partial charge in [0.25, 0.3) is 5.56 Å². The number of rotatable bonds is 1. The molecule has 1 aromatic rings. The number of aromatic amines is 1. The summed E-state index contributed by atoms with van der Waals surface area (Å²) in [5.41, 5.74) is 3.57. The van der Waals surface area contributed by atoms with Crippen LogP contribution in [0.2, 0.25) is 0 Å². The Balaban J connectivity index is 2.52. The first kappa shape index (κ1) is 10.5. The predicted molar refractivity (Wildman–Crippen MR) is 62.3 cm³/mol. The van der Waals surface area contributed by atoms with E-state index in [9.17, 15) is 4.79 Å². The minimum absolute atomic E-state index is 0.109. The van der Waals surface area contributed by atoms with Gasteiger partial charge in [-0.15, -0.1) is 0 Å². The molecule has 1 aliphatic carbocycles. The summed E-state index contributed by atoms with van der Waals surface area (Å²) in [4.78, 5) is 14.8. The molecule has 2 rings (SSSR count). The number of hydrogen-bond acceptors (Lipinski definition) is 1. The van der Waals surface area contributed by atoms with E-state index >= 15 is 0 Å². The normalized spacial score (nSPS) is 25.0. The Morgan fingerprint density at radius 3 is 2.87 bits per heavy atom. The van der Waals surface area contributed by atoms with E-state index in [1.807, 2.05) is 6.92 Å². The summed E-state index contributed by atoms with van der Waals surface area (Å²) in [7, 11) is 0. The van der Waals surface area contributed by atoms with Gasteiger partial charge in [-0.2, -0.15) is 0 Å². The van der Waals surface area contributed by atoms with Crippen molar-refractivity contribution in [1.29, 1.82) is 0 Å². The van der Waals surface area contributed by atoms with Gasteiger partial charge in [0, 0.05) is 11.3 Å². The molecule has 1 aliphatic rings. The van der Waals surface area contributed by atoms with Crippen molar-refractivity contribution in [2.75, 3.05) is 0 Å². The number of aryl methyl sites for hydroxylation is 2. The zero-order valence-corrected chi connectivity index (χ0v) is 9.76. The number of aromatic nitrogens is 1. The highest BCUT2D eigenvalue weighted by atomic mass is 16.1. The van der Waals surface area contributed by atoms with Crippen LogP contribution in [-0.2, 0) is 12.8 Å². The minimum atomic E-state index is 0.109. The molecule has 0 radical (unpaired) electrons. The van der Waals surface area contributed by atoms with Crippen LogP contribution in [0.15, 0.2) is 10.9 Å². The lowest BCUT2D eigenvalue weighted by molar-refractivity contribution is 0.415. The molecular formula is C13H19NO. The van der Waals surface area contributed by atoms with E-state index in [4.69, 9.17) is 0 Å². The van der Waals surface area contributed by atoms with Gasteiger partial charge in [-0.1, -0.05) is 20.8 Å². The molecule has 1 N–H and O–H groups in total. The Morgan fingerprint density at radius 2 is 2.20 bits per heavy atom. The highest BCUT2D eigenvalue weighted by Crippen LogP contribution is 2.33. The largest absolute Gasteiger partial charge is 0.325 e. The van der Waals surface area contributed by atoms with E-state index in [2.05, 4.69) is 24.9 Å². The average molecular weight is 205 g/mol. The van der Waals surface area contributed by atoms with Gasteiger partial charge in [0.1, 0.15) is 0 Å². The van der Waals surface area contributed by atoms with Gasteiger partial charge in [0.05, 0.1) is 0 Å². The number of pyridine rings is 1. The highest BCUT2D eigenvalue weighted by Gasteiger charge is 2.24. The van der Waals surface area contributed by atoms with E-state index in [1.54, 1.807) is 0 Å². The second-order valence-electron chi connectivity index (χ2n) is 4.72. The standard InChI is InChI=1S/C13H19NO/c1-4-10-7-11-6-5-8(2)9(3)12(11)14-13(10)15/h7-9H,4-6H2,1-3H3,(H,14,15). The molecule has 0 aliphatic heterocycles. The van der Waals surface area contributed by atoms with Crippen molar-refractivity contribution >= 4 is 0 Å². The first-order chi connectivity index (χ1) is 7.13. The molecule has 82 valence electrons. The molecule has 0 bridgehead atoms. The number of nitrogens with one attached hydrogen (secondary N) is 1. The van der Waals surface area contributed by atoms with Crippen LogP contribution in [0.25, 0.3) is 0 Å². The Kier molecular flexibility index (Phi) is 2.68. The fourth-order valence-corrected chi connectivity index (χ4v) is 2.43. The second-order valence-corrected chi connectivity index (χ2v) is 4.72. The van der Waals surface area contributed by atoms with Crippen molar-refractivity contribution in [2.24, 2.45) is 5.92 Å². The van der Waals surface area contributed by atoms with E-state index in [0.717, 1.165) is 18.4 Å². The maximum atomic E-state index is 11.7. The zero-order chi connectivity index (χ0) is 11.0. The van der Waals surface area contributed by atoms with Crippen molar-refractivity contribution in [3.63, 3.8) is 0 Å². The summed E-state index contributed by atoms with van der Waals surface area (Å²) in [6.45, 7) is 6.51. The quantitative estimate of drug-likeness (QED) is 0.751. The monoisotopic (exact) mass is 205 g/mol. The maximum Gasteiger partial charge on any atom is 0.251 e. The SMILES string of the molecule is CCc1cc2c([nH]c1=O)C(C)C(C)CC2. The minimum Gasteiger partial charge on any atom is -0.325 e. The smallest absolute Gasteiger partial charge is 0.251 e. The Bertz CT molecular complexity index is 419. The molecule has 0 fully saturated rings. The first-order valence-corrected chi connectivity index (χ1v) is 5.88. The maximum absolute atomic E-state index is 11.7. The van der Waals surface area contributed by atoms with Gasteiger partial charge < -0.3 is 4.98 Å². The van der Waals surface area contributed by atoms with Gasteiger partial charge in [0.15, 0.2) is 0 Å². The van der Waals surface area contributed by atoms with Crippen LogP contribution in [0.1, 0.15) is 49.9 Å². The van der Waals surface area contributed by atoms with Crippen LogP contribution in [0.3, 0.4) is 0 Å². The van der Waals surface area contributed by atoms with Gasteiger partial charge in [-0.3, -0.25) is 4.79 Å². The molecule has 15 heavy (non-hydrogen) atoms. The molecule has 2 atom stereocenters. The second kappa shape index (κ2) is 3.84. The summed E-state index contributed by atoms with van der Waals surface area (Å²) in [5.74, 6) is 1.17. The van der Waals surface area contributed by atoms with Crippen molar-refractivity contribution in [3.8, 4) is 0 Å². The van der Waals surface area contributed by atoms with Crippen LogP contribution in [0.4, 0.5) is 0 Å². The third-order valence-corrected chi connectivity index (χ3v) is 3.79. The van der Waals surface area contributed by atoms with E-state index in [-0.39, 0.29) is 5.56 Å². The molecule has 1 heterocycles. The van der Waals surface area contributed by atoms with Crippen LogP contribution in [0, 0.1) is 5.92 Å². The van der Waals surface area contributed by atoms with E-state index in [1.165, 1.54) is 17.7 Å². The summed E-state index contributed by atoms with van der Waals surface area (Å²) >= 11 is 0. The summed E-state index contributed by atoms with van der Waals surface area (Å²) in [5, 5.41) is 0. The van der Waals surface area contributed by atoms with Crippen LogP contribution < -0.4 is 5.56 Å². The van der Waals surface area contributed by atoms with Crippen LogP contribution in [-0.4, -0.2) is 4.98 Å². The van der Waals surface area contributed by atoms with Gasteiger partial charge in [0.2, 0.25) is 0 Å². The third-order valence-electron chi connectivity index (χ3n) is 3.79. The van der Waals surface area contributed by atoms with E-state index < -0.39 is 0 Å². The van der Waals surface area contributed by atoms with Gasteiger partial charge >= 0.3 is 0 Å². The number of hydrogen-bond donors (Lipinski definition) is 1. The lowest BCUT2D eigenvalue weighted by Crippen LogP contribution is -2.24. The van der Waals surface area contributed by atoms with Crippen molar-refractivity contribution in [1.82, 2.24) is 4.98 Å². The Labute approximate surface area is 90.7 Å². The lowest BCUT2D eigenvalue weighted by Gasteiger charge is -2.28. The van der Waals surface area contributed by atoms with Crippen molar-refractivity contribution in [3.05, 3.63) is 33.2 Å². The molecule has 0 spiro atoms. The highest BCUT2D eigenvalue weighted by molar-refractivity contribution is 5.30. The molecule has 2 unspecified atom stereocenters. The molecule has 2 heteroatoms. The van der Waals surface area contributed by atoms with Crippen LogP contribution in [0.5, 0.6) is 0 Å². The van der Waals surface area contributed by atoms with Crippen molar-refractivity contribution < 1.29 is 0 Å². The van der Waals surface area contributed by atoms with Crippen LogP contribution >= 0.6 is 0 Å². The Morgan fingerprint density at radius 1 is 1.47 bits per heavy atom. The van der Waals surface area contributed by atoms with Crippen molar-refractivity contribution in [2.45, 2.75) is 46.0 Å². The molecule has 1 aromatic heterocycles. The first-order valence-electron chi connectivity index (χ1n) is 5.88. The van der Waals surface area contributed by atoms with Gasteiger partial charge in [-0.25, -0.2) is 0 Å². The molecule has 0 aromatic carbocycles. The van der Waals surface area contributed by atoms with Gasteiger partial charge in [-0.05, 0) is 42.7 Å². The Hall–Kier alpha value is -1.05. The third kappa shape index (κ3) is 1.73. The summed E-state index contributed by atoms with van der Waals surface area (Å²) in [6, 6.07) is 2.11. The molecule has 0 amide bonds. The lowest BCUT2D eigenvalue weighted by atomic mass is 9.79. The fraction of sp³-hybridized carbons (Fsp3) is 0.615. The predicted octanol–water partition coefficient (Wildman–Crippen LogP) is 2.62. The number of fused-ring (bicyclic) bond motifs is 1. The molecule has 0 saturated carbocycles. The zero-order valence-electron chi connectivity index (χ0n) is 9.76. The molecule has 0 saturated heterocycles. The summed E-state index contributed by atoms with van der Waals surface area (Å²) < 4.78 is 0. The fourth-order valence-electron chi connectivity index (χ4n) is 2.43. The molecule has 2 nitrogen and oxygen atoms in total.